The van der Waals surface area contributed by atoms with Crippen molar-refractivity contribution in [3.05, 3.63) is 29.6 Å². The van der Waals surface area contributed by atoms with Crippen LogP contribution in [-0.2, 0) is 15.0 Å². The van der Waals surface area contributed by atoms with Crippen molar-refractivity contribution in [2.45, 2.75) is 50.5 Å². The monoisotopic (exact) mass is 360 g/mol. The highest BCUT2D eigenvalue weighted by Crippen LogP contribution is 2.61. The van der Waals surface area contributed by atoms with Crippen LogP contribution in [-0.4, -0.2) is 42.5 Å². The molecule has 2 heterocycles. The van der Waals surface area contributed by atoms with E-state index in [1.807, 2.05) is 11.8 Å². The standard InChI is InChI=1S/C20H25FN2O3/c1-2-18(24)22-14-4-3-8-23(12-14)19(25)16-11-20(16)7-9-26-17-6-5-13(21)10-15(17)20/h5-6,10,14,16H,2-4,7-9,11-12H2,1H3,(H,22,24)/t14-,16-,20-/m1/s1. The number of benzene rings is 1. The second-order valence-electron chi connectivity index (χ2n) is 7.70. The maximum absolute atomic E-state index is 13.8. The minimum Gasteiger partial charge on any atom is -0.493 e. The molecular formula is C20H25FN2O3. The molecule has 2 fully saturated rings. The van der Waals surface area contributed by atoms with Gasteiger partial charge in [-0.25, -0.2) is 4.39 Å². The third kappa shape index (κ3) is 2.95. The topological polar surface area (TPSA) is 58.6 Å². The number of likely N-dealkylation sites (tertiary alicyclic amines) is 1. The lowest BCUT2D eigenvalue weighted by atomic mass is 9.87. The van der Waals surface area contributed by atoms with Crippen molar-refractivity contribution in [1.82, 2.24) is 10.2 Å². The molecule has 2 amide bonds. The highest BCUT2D eigenvalue weighted by molar-refractivity contribution is 5.85. The highest BCUT2D eigenvalue weighted by Gasteiger charge is 2.62. The van der Waals surface area contributed by atoms with Gasteiger partial charge in [0.1, 0.15) is 11.6 Å². The molecule has 1 spiro atoms. The Morgan fingerprint density at radius 2 is 2.27 bits per heavy atom. The first-order valence-corrected chi connectivity index (χ1v) is 9.54. The molecule has 1 saturated heterocycles. The second-order valence-corrected chi connectivity index (χ2v) is 7.70. The van der Waals surface area contributed by atoms with E-state index in [0.717, 1.165) is 37.8 Å². The number of amides is 2. The zero-order valence-electron chi connectivity index (χ0n) is 15.1. The Labute approximate surface area is 152 Å². The zero-order chi connectivity index (χ0) is 18.3. The van der Waals surface area contributed by atoms with E-state index in [1.165, 1.54) is 12.1 Å². The van der Waals surface area contributed by atoms with E-state index in [4.69, 9.17) is 4.74 Å². The number of fused-ring (bicyclic) bond motifs is 2. The molecular weight excluding hydrogens is 335 g/mol. The van der Waals surface area contributed by atoms with Crippen LogP contribution in [0.5, 0.6) is 5.75 Å². The summed E-state index contributed by atoms with van der Waals surface area (Å²) in [6.45, 7) is 3.70. The van der Waals surface area contributed by atoms with Gasteiger partial charge in [0.05, 0.1) is 6.61 Å². The van der Waals surface area contributed by atoms with E-state index in [9.17, 15) is 14.0 Å². The normalized spacial score (nSPS) is 29.7. The van der Waals surface area contributed by atoms with Crippen molar-refractivity contribution in [2.75, 3.05) is 19.7 Å². The van der Waals surface area contributed by atoms with Crippen LogP contribution in [0.15, 0.2) is 18.2 Å². The molecule has 6 heteroatoms. The number of carbonyl (C=O) groups excluding carboxylic acids is 2. The fourth-order valence-corrected chi connectivity index (χ4v) is 4.54. The number of nitrogens with zero attached hydrogens (tertiary/aromatic N) is 1. The molecule has 0 bridgehead atoms. The lowest BCUT2D eigenvalue weighted by molar-refractivity contribution is -0.135. The maximum Gasteiger partial charge on any atom is 0.226 e. The molecule has 1 aromatic carbocycles. The summed E-state index contributed by atoms with van der Waals surface area (Å²) in [6, 6.07) is 4.64. The first-order chi connectivity index (χ1) is 12.5. The molecule has 3 aliphatic rings. The van der Waals surface area contributed by atoms with Crippen LogP contribution in [0.3, 0.4) is 0 Å². The number of ether oxygens (including phenoxy) is 1. The van der Waals surface area contributed by atoms with Gasteiger partial charge in [0, 0.05) is 42.4 Å². The minimum absolute atomic E-state index is 0.0287. The molecule has 3 atom stereocenters. The summed E-state index contributed by atoms with van der Waals surface area (Å²) < 4.78 is 19.4. The predicted molar refractivity (Wildman–Crippen MR) is 94.3 cm³/mol. The number of nitrogens with one attached hydrogen (secondary N) is 1. The van der Waals surface area contributed by atoms with Gasteiger partial charge in [0.15, 0.2) is 0 Å². The average Bonchev–Trinajstić information content (AvgIpc) is 3.36. The van der Waals surface area contributed by atoms with Gasteiger partial charge in [-0.15, -0.1) is 0 Å². The second kappa shape index (κ2) is 6.56. The smallest absolute Gasteiger partial charge is 0.226 e. The molecule has 1 aromatic rings. The van der Waals surface area contributed by atoms with Crippen molar-refractivity contribution in [3.63, 3.8) is 0 Å². The fourth-order valence-electron chi connectivity index (χ4n) is 4.54. The van der Waals surface area contributed by atoms with Crippen LogP contribution in [0.2, 0.25) is 0 Å². The molecule has 0 radical (unpaired) electrons. The van der Waals surface area contributed by atoms with E-state index < -0.39 is 0 Å². The number of hydrogen-bond acceptors (Lipinski definition) is 3. The predicted octanol–water partition coefficient (Wildman–Crippen LogP) is 2.38. The van der Waals surface area contributed by atoms with Crippen molar-refractivity contribution < 1.29 is 18.7 Å². The summed E-state index contributed by atoms with van der Waals surface area (Å²) in [6.07, 6.45) is 3.78. The number of piperidine rings is 1. The SMILES string of the molecule is CCC(=O)N[C@@H]1CCCN(C(=O)[C@H]2C[C@@]23CCOc2ccc(F)cc23)C1. The maximum atomic E-state index is 13.8. The van der Waals surface area contributed by atoms with Crippen LogP contribution >= 0.6 is 0 Å². The summed E-state index contributed by atoms with van der Waals surface area (Å²) in [5.74, 6) is 0.484. The molecule has 0 aromatic heterocycles. The van der Waals surface area contributed by atoms with E-state index in [0.29, 0.717) is 25.3 Å². The van der Waals surface area contributed by atoms with Crippen molar-refractivity contribution in [2.24, 2.45) is 5.92 Å². The Hall–Kier alpha value is -2.11. The third-order valence-electron chi connectivity index (χ3n) is 6.08. The summed E-state index contributed by atoms with van der Waals surface area (Å²) in [7, 11) is 0. The van der Waals surface area contributed by atoms with Crippen molar-refractivity contribution >= 4 is 11.8 Å². The lowest BCUT2D eigenvalue weighted by Gasteiger charge is -2.34. The molecule has 5 nitrogen and oxygen atoms in total. The van der Waals surface area contributed by atoms with Crippen LogP contribution < -0.4 is 10.1 Å². The van der Waals surface area contributed by atoms with E-state index >= 15 is 0 Å². The van der Waals surface area contributed by atoms with Gasteiger partial charge in [0.2, 0.25) is 11.8 Å². The molecule has 0 unspecified atom stereocenters. The average molecular weight is 360 g/mol. The van der Waals surface area contributed by atoms with E-state index in [-0.39, 0.29) is 35.0 Å². The summed E-state index contributed by atoms with van der Waals surface area (Å²) >= 11 is 0. The first-order valence-electron chi connectivity index (χ1n) is 9.54. The van der Waals surface area contributed by atoms with Crippen LogP contribution in [0.1, 0.15) is 44.6 Å². The van der Waals surface area contributed by atoms with Crippen LogP contribution in [0.25, 0.3) is 0 Å². The van der Waals surface area contributed by atoms with Crippen molar-refractivity contribution in [1.29, 1.82) is 0 Å². The van der Waals surface area contributed by atoms with Gasteiger partial charge in [-0.05, 0) is 43.9 Å². The van der Waals surface area contributed by atoms with Gasteiger partial charge >= 0.3 is 0 Å². The Morgan fingerprint density at radius 3 is 3.08 bits per heavy atom. The Kier molecular flexibility index (Phi) is 4.37. The first kappa shape index (κ1) is 17.3. The van der Waals surface area contributed by atoms with Crippen LogP contribution in [0.4, 0.5) is 4.39 Å². The zero-order valence-corrected chi connectivity index (χ0v) is 15.1. The highest BCUT2D eigenvalue weighted by atomic mass is 19.1. The molecule has 26 heavy (non-hydrogen) atoms. The van der Waals surface area contributed by atoms with Gasteiger partial charge in [-0.2, -0.15) is 0 Å². The van der Waals surface area contributed by atoms with Crippen LogP contribution in [0, 0.1) is 11.7 Å². The molecule has 1 saturated carbocycles. The van der Waals surface area contributed by atoms with Gasteiger partial charge < -0.3 is 15.0 Å². The number of hydrogen-bond donors (Lipinski definition) is 1. The minimum atomic E-state index is -0.285. The summed E-state index contributed by atoms with van der Waals surface area (Å²) in [4.78, 5) is 26.6. The number of carbonyl (C=O) groups is 2. The third-order valence-corrected chi connectivity index (χ3v) is 6.08. The lowest BCUT2D eigenvalue weighted by Crippen LogP contribution is -2.50. The number of rotatable bonds is 3. The molecule has 4 rings (SSSR count). The van der Waals surface area contributed by atoms with Gasteiger partial charge in [-0.3, -0.25) is 9.59 Å². The molecule has 140 valence electrons. The van der Waals surface area contributed by atoms with E-state index in [1.54, 1.807) is 6.07 Å². The van der Waals surface area contributed by atoms with Crippen molar-refractivity contribution in [3.8, 4) is 5.75 Å². The Balaban J connectivity index is 1.48. The summed E-state index contributed by atoms with van der Waals surface area (Å²) in [5, 5.41) is 3.00. The largest absolute Gasteiger partial charge is 0.493 e. The quantitative estimate of drug-likeness (QED) is 0.900. The molecule has 1 N–H and O–H groups in total. The number of halogens is 1. The Bertz CT molecular complexity index is 738. The van der Waals surface area contributed by atoms with Gasteiger partial charge in [-0.1, -0.05) is 6.92 Å². The summed E-state index contributed by atoms with van der Waals surface area (Å²) in [5.41, 5.74) is 0.571. The molecule has 2 aliphatic heterocycles. The fraction of sp³-hybridized carbons (Fsp3) is 0.600. The van der Waals surface area contributed by atoms with E-state index in [2.05, 4.69) is 5.32 Å². The Morgan fingerprint density at radius 1 is 1.42 bits per heavy atom. The molecule has 1 aliphatic carbocycles. The van der Waals surface area contributed by atoms with Gasteiger partial charge in [0.25, 0.3) is 0 Å².